The molecule has 3 rings (SSSR count). The van der Waals surface area contributed by atoms with Crippen LogP contribution in [0.2, 0.25) is 0 Å². The Morgan fingerprint density at radius 2 is 2.03 bits per heavy atom. The normalized spacial score (nSPS) is 16.5. The van der Waals surface area contributed by atoms with E-state index in [1.54, 1.807) is 5.01 Å². The molecule has 3 N–H and O–H groups in total. The number of allylic oxidation sites excluding steroid dienone is 1. The molecular weight excluding hydrogens is 362 g/mol. The third kappa shape index (κ3) is 3.68. The average molecular weight is 390 g/mol. The van der Waals surface area contributed by atoms with Crippen molar-refractivity contribution in [3.8, 4) is 0 Å². The Labute approximate surface area is 171 Å². The van der Waals surface area contributed by atoms with Gasteiger partial charge in [0.2, 0.25) is 5.96 Å². The van der Waals surface area contributed by atoms with E-state index in [-0.39, 0.29) is 12.0 Å². The Bertz CT molecular complexity index is 1030. The highest BCUT2D eigenvalue weighted by Gasteiger charge is 2.37. The summed E-state index contributed by atoms with van der Waals surface area (Å²) in [7, 11) is 0. The van der Waals surface area contributed by atoms with Crippen molar-refractivity contribution in [1.29, 1.82) is 0 Å². The third-order valence-corrected chi connectivity index (χ3v) is 4.88. The Hall–Kier alpha value is -3.34. The van der Waals surface area contributed by atoms with E-state index in [1.807, 2.05) is 25.1 Å². The molecule has 0 amide bonds. The predicted molar refractivity (Wildman–Crippen MR) is 119 cm³/mol. The lowest BCUT2D eigenvalue weighted by Gasteiger charge is -2.37. The quantitative estimate of drug-likeness (QED) is 0.255. The zero-order valence-electron chi connectivity index (χ0n) is 17.1. The molecule has 1 aliphatic heterocycles. The Kier molecular flexibility index (Phi) is 6.17. The minimum atomic E-state index is -0.352. The van der Waals surface area contributed by atoms with Gasteiger partial charge in [-0.25, -0.2) is 15.8 Å². The van der Waals surface area contributed by atoms with Crippen LogP contribution in [0.4, 0.5) is 0 Å². The molecule has 6 nitrogen and oxygen atoms in total. The van der Waals surface area contributed by atoms with Gasteiger partial charge >= 0.3 is 0 Å². The highest BCUT2D eigenvalue weighted by Crippen LogP contribution is 2.43. The number of hydrogen-bond acceptors (Lipinski definition) is 6. The van der Waals surface area contributed by atoms with E-state index in [0.29, 0.717) is 18.3 Å². The van der Waals surface area contributed by atoms with Crippen LogP contribution < -0.4 is 11.3 Å². The predicted octanol–water partition coefficient (Wildman–Crippen LogP) is 4.25. The van der Waals surface area contributed by atoms with E-state index in [2.05, 4.69) is 67.7 Å². The second-order valence-corrected chi connectivity index (χ2v) is 6.93. The highest BCUT2D eigenvalue weighted by atomic mass is 16.5. The number of hydrogen-bond donors (Lipinski definition) is 2. The van der Waals surface area contributed by atoms with Crippen LogP contribution in [0, 0.1) is 5.92 Å². The maximum atomic E-state index is 5.91. The molecular formula is C23H27N5O. The van der Waals surface area contributed by atoms with E-state index < -0.39 is 0 Å². The fourth-order valence-corrected chi connectivity index (χ4v) is 3.68. The van der Waals surface area contributed by atoms with Gasteiger partial charge in [-0.3, -0.25) is 5.43 Å². The molecule has 1 aliphatic rings. The van der Waals surface area contributed by atoms with Crippen molar-refractivity contribution in [3.05, 3.63) is 77.4 Å². The van der Waals surface area contributed by atoms with Crippen LogP contribution in [0.15, 0.2) is 81.9 Å². The Morgan fingerprint density at radius 1 is 1.31 bits per heavy atom. The van der Waals surface area contributed by atoms with Crippen molar-refractivity contribution in [1.82, 2.24) is 10.4 Å². The summed E-state index contributed by atoms with van der Waals surface area (Å²) in [6.45, 7) is 14.2. The first kappa shape index (κ1) is 20.4. The summed E-state index contributed by atoms with van der Waals surface area (Å²) in [5.74, 6) is 6.89. The number of hydrazine groups is 1. The molecule has 1 heterocycles. The van der Waals surface area contributed by atoms with E-state index in [0.717, 1.165) is 27.6 Å². The van der Waals surface area contributed by atoms with Gasteiger partial charge in [0.15, 0.2) is 5.76 Å². The van der Waals surface area contributed by atoms with Gasteiger partial charge in [-0.15, -0.1) is 0 Å². The number of nitrogens with one attached hydrogen (secondary N) is 1. The van der Waals surface area contributed by atoms with Crippen LogP contribution in [-0.2, 0) is 4.74 Å². The van der Waals surface area contributed by atoms with Gasteiger partial charge in [-0.1, -0.05) is 68.6 Å². The summed E-state index contributed by atoms with van der Waals surface area (Å²) in [4.78, 5) is 4.72. The molecule has 6 heteroatoms. The van der Waals surface area contributed by atoms with Gasteiger partial charge in [-0.05, 0) is 29.2 Å². The summed E-state index contributed by atoms with van der Waals surface area (Å²) in [6.07, 6.45) is 0. The van der Waals surface area contributed by atoms with Gasteiger partial charge in [0, 0.05) is 6.72 Å². The lowest BCUT2D eigenvalue weighted by molar-refractivity contribution is 0.222. The molecule has 0 bridgehead atoms. The van der Waals surface area contributed by atoms with Gasteiger partial charge in [-0.2, -0.15) is 5.10 Å². The second kappa shape index (κ2) is 8.78. The van der Waals surface area contributed by atoms with Crippen LogP contribution in [0.3, 0.4) is 0 Å². The SMILES string of the molecule is C=C=C(OCC)C1=C(C(C)C)N=C(NN)N(N=C)C1c1cccc2ccccc12. The highest BCUT2D eigenvalue weighted by molar-refractivity contribution is 5.89. The van der Waals surface area contributed by atoms with Crippen molar-refractivity contribution in [2.75, 3.05) is 6.61 Å². The van der Waals surface area contributed by atoms with Crippen LogP contribution in [0.1, 0.15) is 32.4 Å². The smallest absolute Gasteiger partial charge is 0.235 e. The summed E-state index contributed by atoms with van der Waals surface area (Å²) in [6, 6.07) is 14.1. The van der Waals surface area contributed by atoms with E-state index in [9.17, 15) is 0 Å². The van der Waals surface area contributed by atoms with E-state index in [4.69, 9.17) is 15.6 Å². The molecule has 0 aromatic heterocycles. The fourth-order valence-electron chi connectivity index (χ4n) is 3.68. The van der Waals surface area contributed by atoms with Crippen LogP contribution >= 0.6 is 0 Å². The fraction of sp³-hybridized carbons (Fsp3) is 0.261. The summed E-state index contributed by atoms with van der Waals surface area (Å²) in [5.41, 5.74) is 8.37. The Balaban J connectivity index is 2.39. The molecule has 2 aromatic rings. The number of guanidine groups is 1. The second-order valence-electron chi connectivity index (χ2n) is 6.93. The lowest BCUT2D eigenvalue weighted by atomic mass is 9.88. The molecule has 0 saturated carbocycles. The third-order valence-electron chi connectivity index (χ3n) is 4.88. The first-order valence-corrected chi connectivity index (χ1v) is 9.63. The molecule has 29 heavy (non-hydrogen) atoms. The van der Waals surface area contributed by atoms with Gasteiger partial charge in [0.25, 0.3) is 0 Å². The number of aliphatic imine (C=N–C) groups is 1. The van der Waals surface area contributed by atoms with Crippen molar-refractivity contribution < 1.29 is 4.74 Å². The van der Waals surface area contributed by atoms with Gasteiger partial charge < -0.3 is 4.74 Å². The summed E-state index contributed by atoms with van der Waals surface area (Å²) < 4.78 is 5.91. The molecule has 0 fully saturated rings. The number of fused-ring (bicyclic) bond motifs is 1. The van der Waals surface area contributed by atoms with Crippen LogP contribution in [0.5, 0.6) is 0 Å². The first-order chi connectivity index (χ1) is 14.1. The van der Waals surface area contributed by atoms with Gasteiger partial charge in [0.1, 0.15) is 6.04 Å². The zero-order valence-corrected chi connectivity index (χ0v) is 17.1. The average Bonchev–Trinajstić information content (AvgIpc) is 2.75. The van der Waals surface area contributed by atoms with Gasteiger partial charge in [0.05, 0.1) is 17.9 Å². The number of rotatable bonds is 6. The largest absolute Gasteiger partial charge is 0.486 e. The molecule has 0 saturated heterocycles. The van der Waals surface area contributed by atoms with E-state index in [1.165, 1.54) is 0 Å². The topological polar surface area (TPSA) is 75.2 Å². The maximum Gasteiger partial charge on any atom is 0.235 e. The number of hydrazone groups is 1. The minimum Gasteiger partial charge on any atom is -0.486 e. The van der Waals surface area contributed by atoms with Crippen LogP contribution in [0.25, 0.3) is 10.8 Å². The minimum absolute atomic E-state index is 0.113. The number of nitrogens with zero attached hydrogens (tertiary/aromatic N) is 3. The van der Waals surface area contributed by atoms with Crippen molar-refractivity contribution >= 4 is 23.4 Å². The molecule has 0 aliphatic carbocycles. The first-order valence-electron chi connectivity index (χ1n) is 9.63. The lowest BCUT2D eigenvalue weighted by Crippen LogP contribution is -2.46. The van der Waals surface area contributed by atoms with Crippen LogP contribution in [-0.4, -0.2) is 24.3 Å². The number of ether oxygens (including phenoxy) is 1. The molecule has 150 valence electrons. The molecule has 2 aromatic carbocycles. The van der Waals surface area contributed by atoms with Crippen molar-refractivity contribution in [3.63, 3.8) is 0 Å². The number of nitrogens with two attached hydrogens (primary N) is 1. The Morgan fingerprint density at radius 3 is 2.66 bits per heavy atom. The summed E-state index contributed by atoms with van der Waals surface area (Å²) in [5, 5.41) is 8.16. The molecule has 0 spiro atoms. The number of benzene rings is 2. The molecule has 0 radical (unpaired) electrons. The van der Waals surface area contributed by atoms with E-state index >= 15 is 0 Å². The maximum absolute atomic E-state index is 5.91. The van der Waals surface area contributed by atoms with Crippen molar-refractivity contribution in [2.24, 2.45) is 21.9 Å². The zero-order chi connectivity index (χ0) is 21.0. The summed E-state index contributed by atoms with van der Waals surface area (Å²) >= 11 is 0. The van der Waals surface area contributed by atoms with Crippen molar-refractivity contribution in [2.45, 2.75) is 26.8 Å². The standard InChI is InChI=1S/C23H27N5O/c1-6-19(29-7-2)20-21(15(3)4)26-23(27-24)28(25-5)22(20)18-14-10-12-16-11-8-9-13-17(16)18/h8-15,22H,1,5,7,24H2,2-4H3,(H,26,27). The molecule has 1 atom stereocenters. The molecule has 1 unspecified atom stereocenters. The monoisotopic (exact) mass is 389 g/mol.